The van der Waals surface area contributed by atoms with Gasteiger partial charge in [0, 0.05) is 28.2 Å². The van der Waals surface area contributed by atoms with E-state index in [2.05, 4.69) is 9.85 Å². The van der Waals surface area contributed by atoms with E-state index < -0.39 is 38.2 Å². The number of carboxylic acids is 1. The predicted octanol–water partition coefficient (Wildman–Crippen LogP) is 2.61. The Hall–Kier alpha value is -2.16. The zero-order chi connectivity index (χ0) is 26.7. The lowest BCUT2D eigenvalue weighted by Gasteiger charge is -2.09. The standard InChI is InChI=1S/C9H9ClO3.C8H7ClO3.CH4O/c1-13-9(12)8(11)6-4-2-3-5-7(6)10;9-6-4-2-1-3-5(6)7(10)8(11)12;1-2/h2-5,8,11H,1H3;1-4,7,10H,(H,11,12);2H,1H3/t8-;7-;/m11./s1/i1D3;;1D3,2D. The number of rotatable bonds is 4. The van der Waals surface area contributed by atoms with E-state index in [0.717, 1.165) is 0 Å². The number of aliphatic hydroxyl groups excluding tert-OH is 2. The van der Waals surface area contributed by atoms with Crippen LogP contribution in [0.2, 0.25) is 10.0 Å². The molecule has 0 amide bonds. The number of aliphatic hydroxyl groups is 3. The molecule has 0 unspecified atom stereocenters. The molecule has 0 aliphatic heterocycles. The number of carbonyl (C=O) groups is 2. The normalized spacial score (nSPS) is 16.4. The molecule has 9 heteroatoms. The molecule has 2 aromatic carbocycles. The van der Waals surface area contributed by atoms with E-state index in [0.29, 0.717) is 0 Å². The Balaban J connectivity index is 0.000000532. The molecule has 0 aliphatic rings. The molecular formula is C18H20Cl2O7. The third-order valence-corrected chi connectivity index (χ3v) is 3.65. The van der Waals surface area contributed by atoms with Crippen molar-refractivity contribution in [2.45, 2.75) is 12.2 Å². The molecule has 4 N–H and O–H groups in total. The van der Waals surface area contributed by atoms with Crippen LogP contribution in [0.5, 0.6) is 0 Å². The first kappa shape index (κ1) is 14.8. The highest BCUT2D eigenvalue weighted by molar-refractivity contribution is 6.31. The Kier molecular flexibility index (Phi) is 7.19. The van der Waals surface area contributed by atoms with Gasteiger partial charge in [-0.2, -0.15) is 0 Å². The summed E-state index contributed by atoms with van der Waals surface area (Å²) < 4.78 is 48.3. The monoisotopic (exact) mass is 425 g/mol. The number of halogens is 2. The predicted molar refractivity (Wildman–Crippen MR) is 101 cm³/mol. The molecule has 0 bridgehead atoms. The van der Waals surface area contributed by atoms with Crippen molar-refractivity contribution >= 4 is 35.1 Å². The summed E-state index contributed by atoms with van der Waals surface area (Å²) in [7, 11) is -5.42. The third-order valence-electron chi connectivity index (χ3n) is 2.96. The first-order chi connectivity index (χ1) is 15.5. The third kappa shape index (κ3) is 7.94. The fraction of sp³-hybridized carbons (Fsp3) is 0.222. The van der Waals surface area contributed by atoms with Gasteiger partial charge in [-0.05, 0) is 12.1 Å². The largest absolute Gasteiger partial charge is 0.479 e. The summed E-state index contributed by atoms with van der Waals surface area (Å²) in [5.41, 5.74) is 0.324. The minimum absolute atomic E-state index is 0.110. The lowest BCUT2D eigenvalue weighted by atomic mass is 10.1. The molecule has 2 rings (SSSR count). The van der Waals surface area contributed by atoms with Crippen LogP contribution in [0, 0.1) is 0 Å². The van der Waals surface area contributed by atoms with Gasteiger partial charge in [-0.1, -0.05) is 59.6 Å². The molecule has 0 spiro atoms. The smallest absolute Gasteiger partial charge is 0.339 e. The Labute approximate surface area is 176 Å². The maximum Gasteiger partial charge on any atom is 0.339 e. The van der Waals surface area contributed by atoms with Gasteiger partial charge < -0.3 is 25.2 Å². The average Bonchev–Trinajstić information content (AvgIpc) is 2.72. The second-order valence-corrected chi connectivity index (χ2v) is 5.42. The minimum atomic E-state index is -2.88. The van der Waals surface area contributed by atoms with Crippen molar-refractivity contribution in [3.63, 3.8) is 0 Å². The number of methoxy groups -OCH3 is 1. The molecular weight excluding hydrogens is 399 g/mol. The minimum Gasteiger partial charge on any atom is -0.479 e. The SMILES string of the molecule is O=C(O)[C@H](O)c1ccccc1Cl.[2H]C([2H])([2H])OC(=O)[C@H](O)c1ccccc1Cl.[2H]OC([2H])([2H])[2H]. The Morgan fingerprint density at radius 2 is 1.44 bits per heavy atom. The van der Waals surface area contributed by atoms with Crippen LogP contribution in [-0.4, -0.2) is 47.9 Å². The number of carboxylic acid groups (broad SMARTS) is 1. The van der Waals surface area contributed by atoms with Gasteiger partial charge in [0.05, 0.1) is 15.3 Å². The van der Waals surface area contributed by atoms with Gasteiger partial charge in [-0.15, -0.1) is 0 Å². The van der Waals surface area contributed by atoms with Crippen LogP contribution in [0.3, 0.4) is 0 Å². The van der Waals surface area contributed by atoms with Crippen LogP contribution in [0.4, 0.5) is 0 Å². The van der Waals surface area contributed by atoms with E-state index in [9.17, 15) is 14.7 Å². The van der Waals surface area contributed by atoms with Crippen molar-refractivity contribution < 1.29 is 43.0 Å². The number of ether oxygens (including phenoxy) is 1. The van der Waals surface area contributed by atoms with Crippen LogP contribution in [0.1, 0.15) is 31.6 Å². The van der Waals surface area contributed by atoms with Gasteiger partial charge in [0.15, 0.2) is 12.2 Å². The van der Waals surface area contributed by atoms with Gasteiger partial charge in [0.2, 0.25) is 1.43 Å². The summed E-state index contributed by atoms with van der Waals surface area (Å²) in [5, 5.41) is 30.7. The van der Waals surface area contributed by atoms with Crippen molar-refractivity contribution in [2.24, 2.45) is 0 Å². The molecule has 7 nitrogen and oxygen atoms in total. The van der Waals surface area contributed by atoms with Gasteiger partial charge in [0.1, 0.15) is 0 Å². The van der Waals surface area contributed by atoms with Crippen molar-refractivity contribution in [3.05, 3.63) is 69.7 Å². The van der Waals surface area contributed by atoms with Gasteiger partial charge >= 0.3 is 11.9 Å². The van der Waals surface area contributed by atoms with Crippen LogP contribution in [0.25, 0.3) is 0 Å². The van der Waals surface area contributed by atoms with Gasteiger partial charge in [-0.25, -0.2) is 9.59 Å². The summed E-state index contributed by atoms with van der Waals surface area (Å²) in [6.07, 6.45) is -3.24. The van der Waals surface area contributed by atoms with Crippen molar-refractivity contribution in [3.8, 4) is 0 Å². The summed E-state index contributed by atoms with van der Waals surface area (Å²) in [5.74, 6) is -2.56. The molecule has 2 atom stereocenters. The number of aliphatic carboxylic acids is 1. The second-order valence-electron chi connectivity index (χ2n) is 4.61. The highest BCUT2D eigenvalue weighted by atomic mass is 35.5. The number of benzene rings is 2. The van der Waals surface area contributed by atoms with Crippen LogP contribution in [0.15, 0.2) is 48.5 Å². The molecule has 0 radical (unpaired) electrons. The molecule has 0 saturated heterocycles. The first-order valence-corrected chi connectivity index (χ1v) is 7.70. The van der Waals surface area contributed by atoms with Crippen LogP contribution in [-0.2, 0) is 14.3 Å². The summed E-state index contributed by atoms with van der Waals surface area (Å²) in [6, 6.07) is 12.4. The molecule has 2 aromatic rings. The zero-order valence-electron chi connectivity index (χ0n) is 20.5. The van der Waals surface area contributed by atoms with E-state index >= 15 is 0 Å². The lowest BCUT2D eigenvalue weighted by molar-refractivity contribution is -0.150. The lowest BCUT2D eigenvalue weighted by Crippen LogP contribution is -2.13. The van der Waals surface area contributed by atoms with E-state index in [-0.39, 0.29) is 21.2 Å². The molecule has 0 fully saturated rings. The van der Waals surface area contributed by atoms with Crippen LogP contribution < -0.4 is 0 Å². The van der Waals surface area contributed by atoms with E-state index in [1.807, 2.05) is 0 Å². The highest BCUT2D eigenvalue weighted by Gasteiger charge is 2.19. The van der Waals surface area contributed by atoms with E-state index in [1.54, 1.807) is 24.3 Å². The molecule has 148 valence electrons. The molecule has 0 aliphatic carbocycles. The number of hydrogen-bond donors (Lipinski definition) is 4. The van der Waals surface area contributed by atoms with E-state index in [1.165, 1.54) is 24.3 Å². The van der Waals surface area contributed by atoms with E-state index in [4.69, 9.17) is 43.1 Å². The average molecular weight is 426 g/mol. The van der Waals surface area contributed by atoms with Gasteiger partial charge in [0.25, 0.3) is 0 Å². The maximum absolute atomic E-state index is 11.2. The molecule has 0 aromatic heterocycles. The zero-order valence-corrected chi connectivity index (χ0v) is 15.0. The maximum atomic E-state index is 11.2. The van der Waals surface area contributed by atoms with Crippen LogP contribution >= 0.6 is 23.2 Å². The topological polar surface area (TPSA) is 124 Å². The second kappa shape index (κ2) is 13.1. The van der Waals surface area contributed by atoms with Crippen molar-refractivity contribution in [2.75, 3.05) is 14.1 Å². The molecule has 0 saturated carbocycles. The number of carbonyl (C=O) groups excluding carboxylic acids is 1. The first-order valence-electron chi connectivity index (χ1n) is 10.4. The summed E-state index contributed by atoms with van der Waals surface area (Å²) in [6.45, 7) is 0. The fourth-order valence-electron chi connectivity index (χ4n) is 1.71. The van der Waals surface area contributed by atoms with Gasteiger partial charge in [-0.3, -0.25) is 0 Å². The van der Waals surface area contributed by atoms with Crippen molar-refractivity contribution in [1.29, 1.82) is 1.43 Å². The summed E-state index contributed by atoms with van der Waals surface area (Å²) in [4.78, 5) is 21.6. The summed E-state index contributed by atoms with van der Waals surface area (Å²) >= 11 is 11.4. The molecule has 0 heterocycles. The number of hydrogen-bond acceptors (Lipinski definition) is 6. The van der Waals surface area contributed by atoms with Crippen molar-refractivity contribution in [1.82, 2.24) is 0 Å². The Morgan fingerprint density at radius 1 is 1.00 bits per heavy atom. The fourth-order valence-corrected chi connectivity index (χ4v) is 2.19. The number of esters is 1. The molecule has 27 heavy (non-hydrogen) atoms. The Bertz CT molecular complexity index is 939. The quantitative estimate of drug-likeness (QED) is 0.554. The highest BCUT2D eigenvalue weighted by Crippen LogP contribution is 2.23. The Morgan fingerprint density at radius 3 is 1.81 bits per heavy atom.